The van der Waals surface area contributed by atoms with E-state index < -0.39 is 10.2 Å². The lowest BCUT2D eigenvalue weighted by Crippen LogP contribution is -2.53. The SMILES string of the molecule is NS(=O)(=O)NCC1CNCCN1. The third-order valence-corrected chi connectivity index (χ3v) is 2.23. The van der Waals surface area contributed by atoms with Crippen molar-refractivity contribution >= 4 is 10.2 Å². The minimum Gasteiger partial charge on any atom is -0.314 e. The first-order valence-corrected chi connectivity index (χ1v) is 5.34. The molecule has 1 saturated heterocycles. The van der Waals surface area contributed by atoms with Gasteiger partial charge in [0.1, 0.15) is 0 Å². The lowest BCUT2D eigenvalue weighted by atomic mass is 10.2. The Morgan fingerprint density at radius 2 is 2.25 bits per heavy atom. The van der Waals surface area contributed by atoms with E-state index in [9.17, 15) is 8.42 Å². The fourth-order valence-corrected chi connectivity index (χ4v) is 1.51. The van der Waals surface area contributed by atoms with Crippen molar-refractivity contribution in [1.29, 1.82) is 0 Å². The highest BCUT2D eigenvalue weighted by Gasteiger charge is 2.13. The number of piperazine rings is 1. The summed E-state index contributed by atoms with van der Waals surface area (Å²) in [6.07, 6.45) is 0. The summed E-state index contributed by atoms with van der Waals surface area (Å²) < 4.78 is 23.2. The first-order chi connectivity index (χ1) is 5.58. The maximum absolute atomic E-state index is 10.5. The zero-order valence-electron chi connectivity index (χ0n) is 6.71. The highest BCUT2D eigenvalue weighted by atomic mass is 32.2. The van der Waals surface area contributed by atoms with Crippen LogP contribution in [0.2, 0.25) is 0 Å². The number of rotatable bonds is 3. The maximum atomic E-state index is 10.5. The molecule has 5 N–H and O–H groups in total. The van der Waals surface area contributed by atoms with Gasteiger partial charge in [0.2, 0.25) is 0 Å². The quantitative estimate of drug-likeness (QED) is 0.394. The van der Waals surface area contributed by atoms with Crippen molar-refractivity contribution in [2.75, 3.05) is 26.2 Å². The number of nitrogens with one attached hydrogen (secondary N) is 3. The largest absolute Gasteiger partial charge is 0.314 e. The van der Waals surface area contributed by atoms with Crippen LogP contribution in [0.1, 0.15) is 0 Å². The van der Waals surface area contributed by atoms with Crippen LogP contribution in [0.25, 0.3) is 0 Å². The van der Waals surface area contributed by atoms with Gasteiger partial charge in [0.05, 0.1) is 0 Å². The fraction of sp³-hybridized carbons (Fsp3) is 1.00. The molecule has 7 heteroatoms. The Bertz CT molecular complexity index is 222. The van der Waals surface area contributed by atoms with Crippen molar-refractivity contribution in [3.8, 4) is 0 Å². The third-order valence-electron chi connectivity index (χ3n) is 1.66. The molecule has 0 bridgehead atoms. The van der Waals surface area contributed by atoms with Gasteiger partial charge < -0.3 is 10.6 Å². The molecule has 0 aliphatic carbocycles. The van der Waals surface area contributed by atoms with Gasteiger partial charge in [-0.15, -0.1) is 0 Å². The summed E-state index contributed by atoms with van der Waals surface area (Å²) in [5, 5.41) is 11.0. The van der Waals surface area contributed by atoms with Crippen LogP contribution in [0.3, 0.4) is 0 Å². The predicted molar refractivity (Wildman–Crippen MR) is 45.8 cm³/mol. The smallest absolute Gasteiger partial charge is 0.274 e. The van der Waals surface area contributed by atoms with E-state index in [4.69, 9.17) is 5.14 Å². The zero-order valence-corrected chi connectivity index (χ0v) is 7.52. The van der Waals surface area contributed by atoms with E-state index in [2.05, 4.69) is 15.4 Å². The third kappa shape index (κ3) is 3.98. The molecule has 0 spiro atoms. The molecule has 0 radical (unpaired) electrons. The molecule has 72 valence electrons. The molecule has 0 aromatic heterocycles. The number of hydrogen-bond acceptors (Lipinski definition) is 4. The molecule has 12 heavy (non-hydrogen) atoms. The van der Waals surface area contributed by atoms with Crippen LogP contribution in [0, 0.1) is 0 Å². The summed E-state index contributed by atoms with van der Waals surface area (Å²) in [4.78, 5) is 0. The summed E-state index contributed by atoms with van der Waals surface area (Å²) in [5.74, 6) is 0. The van der Waals surface area contributed by atoms with Gasteiger partial charge in [0.15, 0.2) is 0 Å². The van der Waals surface area contributed by atoms with Crippen molar-refractivity contribution in [2.45, 2.75) is 6.04 Å². The standard InChI is InChI=1S/C5H14N4O2S/c6-12(10,11)9-4-5-3-7-1-2-8-5/h5,7-9H,1-4H2,(H2,6,10,11). The van der Waals surface area contributed by atoms with Crippen molar-refractivity contribution in [2.24, 2.45) is 5.14 Å². The Hall–Kier alpha value is -0.210. The Morgan fingerprint density at radius 1 is 1.50 bits per heavy atom. The van der Waals surface area contributed by atoms with Gasteiger partial charge in [-0.1, -0.05) is 0 Å². The number of nitrogens with two attached hydrogens (primary N) is 1. The van der Waals surface area contributed by atoms with Crippen LogP contribution in [0.15, 0.2) is 0 Å². The average molecular weight is 194 g/mol. The Labute approximate surface area is 72.1 Å². The van der Waals surface area contributed by atoms with Crippen LogP contribution >= 0.6 is 0 Å². The Morgan fingerprint density at radius 3 is 2.75 bits per heavy atom. The molecule has 1 fully saturated rings. The summed E-state index contributed by atoms with van der Waals surface area (Å²) in [6.45, 7) is 2.89. The van der Waals surface area contributed by atoms with Gasteiger partial charge in [-0.2, -0.15) is 8.42 Å². The van der Waals surface area contributed by atoms with Crippen molar-refractivity contribution in [1.82, 2.24) is 15.4 Å². The lowest BCUT2D eigenvalue weighted by molar-refractivity contribution is 0.415. The zero-order chi connectivity index (χ0) is 9.03. The second-order valence-electron chi connectivity index (χ2n) is 2.75. The van der Waals surface area contributed by atoms with Gasteiger partial charge in [-0.05, 0) is 0 Å². The van der Waals surface area contributed by atoms with Gasteiger partial charge >= 0.3 is 0 Å². The van der Waals surface area contributed by atoms with Crippen LogP contribution < -0.4 is 20.5 Å². The molecule has 1 unspecified atom stereocenters. The molecular weight excluding hydrogens is 180 g/mol. The summed E-state index contributed by atoms with van der Waals surface area (Å²) in [5.41, 5.74) is 0. The Kier molecular flexibility index (Phi) is 3.41. The normalized spacial score (nSPS) is 25.6. The summed E-state index contributed by atoms with van der Waals surface area (Å²) >= 11 is 0. The van der Waals surface area contributed by atoms with Gasteiger partial charge in [-0.25, -0.2) is 9.86 Å². The predicted octanol–water partition coefficient (Wildman–Crippen LogP) is -2.66. The maximum Gasteiger partial charge on any atom is 0.274 e. The lowest BCUT2D eigenvalue weighted by Gasteiger charge is -2.24. The number of hydrogen-bond donors (Lipinski definition) is 4. The molecule has 1 heterocycles. The van der Waals surface area contributed by atoms with E-state index in [1.807, 2.05) is 0 Å². The Balaban J connectivity index is 2.22. The van der Waals surface area contributed by atoms with Crippen LogP contribution in [0.5, 0.6) is 0 Å². The van der Waals surface area contributed by atoms with E-state index in [1.54, 1.807) is 0 Å². The molecule has 6 nitrogen and oxygen atoms in total. The molecule has 0 aromatic carbocycles. The molecule has 1 rings (SSSR count). The average Bonchev–Trinajstić information content (AvgIpc) is 2.02. The highest BCUT2D eigenvalue weighted by molar-refractivity contribution is 7.87. The second kappa shape index (κ2) is 4.15. The van der Waals surface area contributed by atoms with Crippen molar-refractivity contribution in [3.63, 3.8) is 0 Å². The van der Waals surface area contributed by atoms with Crippen LogP contribution in [0.4, 0.5) is 0 Å². The molecular formula is C5H14N4O2S. The molecule has 0 saturated carbocycles. The topological polar surface area (TPSA) is 96.2 Å². The van der Waals surface area contributed by atoms with Crippen LogP contribution in [-0.4, -0.2) is 40.6 Å². The first kappa shape index (κ1) is 9.87. The van der Waals surface area contributed by atoms with Crippen molar-refractivity contribution in [3.05, 3.63) is 0 Å². The summed E-state index contributed by atoms with van der Waals surface area (Å²) in [6, 6.07) is 0.136. The molecule has 1 aliphatic heterocycles. The van der Waals surface area contributed by atoms with E-state index in [0.29, 0.717) is 6.54 Å². The minimum atomic E-state index is -3.54. The molecule has 0 amide bonds. The van der Waals surface area contributed by atoms with Gasteiger partial charge in [-0.3, -0.25) is 0 Å². The highest BCUT2D eigenvalue weighted by Crippen LogP contribution is 1.84. The summed E-state index contributed by atoms with van der Waals surface area (Å²) in [7, 11) is -3.54. The van der Waals surface area contributed by atoms with E-state index >= 15 is 0 Å². The van der Waals surface area contributed by atoms with Crippen molar-refractivity contribution < 1.29 is 8.42 Å². The van der Waals surface area contributed by atoms with Gasteiger partial charge in [0, 0.05) is 32.2 Å². The van der Waals surface area contributed by atoms with Gasteiger partial charge in [0.25, 0.3) is 10.2 Å². The molecule has 0 aromatic rings. The van der Waals surface area contributed by atoms with E-state index in [1.165, 1.54) is 0 Å². The molecule has 1 atom stereocenters. The fourth-order valence-electron chi connectivity index (χ4n) is 1.07. The van der Waals surface area contributed by atoms with E-state index in [0.717, 1.165) is 19.6 Å². The first-order valence-electron chi connectivity index (χ1n) is 3.79. The second-order valence-corrected chi connectivity index (χ2v) is 4.13. The van der Waals surface area contributed by atoms with E-state index in [-0.39, 0.29) is 6.04 Å². The monoisotopic (exact) mass is 194 g/mol. The molecule has 1 aliphatic rings. The van der Waals surface area contributed by atoms with Crippen LogP contribution in [-0.2, 0) is 10.2 Å². The minimum absolute atomic E-state index is 0.136.